The molecule has 1 saturated heterocycles. The van der Waals surface area contributed by atoms with Crippen LogP contribution < -0.4 is 10.6 Å². The van der Waals surface area contributed by atoms with E-state index in [9.17, 15) is 14.4 Å². The largest absolute Gasteiger partial charge is 0.351 e. The molecule has 7 nitrogen and oxygen atoms in total. The Morgan fingerprint density at radius 1 is 1.25 bits per heavy atom. The summed E-state index contributed by atoms with van der Waals surface area (Å²) in [5.41, 5.74) is 1.14. The summed E-state index contributed by atoms with van der Waals surface area (Å²) in [6, 6.07) is 6.86. The van der Waals surface area contributed by atoms with Gasteiger partial charge in [0.2, 0.25) is 5.91 Å². The SMILES string of the molecule is CC[C@H](C)NC(=O)c1ccc(NC(=O)C[C@@H]2SC(N3CCCC3)=NC2=O)cc1. The van der Waals surface area contributed by atoms with Crippen molar-refractivity contribution in [3.05, 3.63) is 29.8 Å². The number of benzene rings is 1. The minimum atomic E-state index is -0.462. The van der Waals surface area contributed by atoms with Crippen LogP contribution in [-0.4, -0.2) is 52.2 Å². The Kier molecular flexibility index (Phi) is 6.72. The maximum atomic E-state index is 12.3. The van der Waals surface area contributed by atoms with Crippen LogP contribution >= 0.6 is 11.8 Å². The predicted molar refractivity (Wildman–Crippen MR) is 112 cm³/mol. The molecule has 1 aromatic rings. The molecule has 3 rings (SSSR count). The molecule has 0 aliphatic carbocycles. The molecule has 0 radical (unpaired) electrons. The van der Waals surface area contributed by atoms with Crippen LogP contribution in [0.15, 0.2) is 29.3 Å². The van der Waals surface area contributed by atoms with Crippen LogP contribution in [0.4, 0.5) is 5.69 Å². The number of nitrogens with zero attached hydrogens (tertiary/aromatic N) is 2. The van der Waals surface area contributed by atoms with Crippen molar-refractivity contribution >= 4 is 40.3 Å². The summed E-state index contributed by atoms with van der Waals surface area (Å²) in [4.78, 5) is 42.8. The van der Waals surface area contributed by atoms with Crippen LogP contribution in [0.25, 0.3) is 0 Å². The number of hydrogen-bond donors (Lipinski definition) is 2. The van der Waals surface area contributed by atoms with Gasteiger partial charge in [0.25, 0.3) is 11.8 Å². The molecule has 1 aromatic carbocycles. The molecule has 1 fully saturated rings. The van der Waals surface area contributed by atoms with Gasteiger partial charge in [0.1, 0.15) is 5.25 Å². The van der Waals surface area contributed by atoms with E-state index in [2.05, 4.69) is 20.5 Å². The van der Waals surface area contributed by atoms with E-state index in [0.29, 0.717) is 11.3 Å². The zero-order chi connectivity index (χ0) is 20.1. The normalized spacial score (nSPS) is 20.1. The van der Waals surface area contributed by atoms with E-state index in [1.807, 2.05) is 13.8 Å². The maximum Gasteiger partial charge on any atom is 0.262 e. The number of amidine groups is 1. The van der Waals surface area contributed by atoms with Gasteiger partial charge < -0.3 is 15.5 Å². The first-order chi connectivity index (χ1) is 13.5. The van der Waals surface area contributed by atoms with E-state index in [-0.39, 0.29) is 30.2 Å². The molecule has 2 aliphatic heterocycles. The zero-order valence-corrected chi connectivity index (χ0v) is 17.1. The van der Waals surface area contributed by atoms with E-state index in [1.165, 1.54) is 11.8 Å². The molecular weight excluding hydrogens is 376 g/mol. The van der Waals surface area contributed by atoms with Crippen molar-refractivity contribution in [1.29, 1.82) is 0 Å². The number of hydrogen-bond acceptors (Lipinski definition) is 5. The lowest BCUT2D eigenvalue weighted by molar-refractivity contribution is -0.121. The number of carbonyl (C=O) groups is 3. The highest BCUT2D eigenvalue weighted by Gasteiger charge is 2.33. The second-order valence-electron chi connectivity index (χ2n) is 7.15. The fraction of sp³-hybridized carbons (Fsp3) is 0.500. The van der Waals surface area contributed by atoms with Crippen molar-refractivity contribution in [2.24, 2.45) is 4.99 Å². The molecular formula is C20H26N4O3S. The predicted octanol–water partition coefficient (Wildman–Crippen LogP) is 2.64. The number of carbonyl (C=O) groups excluding carboxylic acids is 3. The summed E-state index contributed by atoms with van der Waals surface area (Å²) < 4.78 is 0. The van der Waals surface area contributed by atoms with Gasteiger partial charge in [-0.3, -0.25) is 14.4 Å². The van der Waals surface area contributed by atoms with Crippen molar-refractivity contribution in [3.8, 4) is 0 Å². The van der Waals surface area contributed by atoms with Gasteiger partial charge in [-0.1, -0.05) is 18.7 Å². The number of anilines is 1. The van der Waals surface area contributed by atoms with Crippen LogP contribution in [-0.2, 0) is 9.59 Å². The fourth-order valence-electron chi connectivity index (χ4n) is 3.05. The lowest BCUT2D eigenvalue weighted by Gasteiger charge is -2.16. The zero-order valence-electron chi connectivity index (χ0n) is 16.2. The van der Waals surface area contributed by atoms with Gasteiger partial charge in [0, 0.05) is 36.8 Å². The number of aliphatic imine (C=N–C) groups is 1. The second kappa shape index (κ2) is 9.23. The van der Waals surface area contributed by atoms with Crippen molar-refractivity contribution in [3.63, 3.8) is 0 Å². The Bertz CT molecular complexity index is 772. The number of thioether (sulfide) groups is 1. The van der Waals surface area contributed by atoms with Crippen LogP contribution in [0.5, 0.6) is 0 Å². The van der Waals surface area contributed by atoms with Gasteiger partial charge >= 0.3 is 0 Å². The molecule has 2 atom stereocenters. The van der Waals surface area contributed by atoms with Gasteiger partial charge in [-0.05, 0) is 50.5 Å². The molecule has 0 unspecified atom stereocenters. The third-order valence-corrected chi connectivity index (χ3v) is 6.11. The average molecular weight is 403 g/mol. The number of amides is 3. The van der Waals surface area contributed by atoms with Gasteiger partial charge in [-0.15, -0.1) is 0 Å². The Labute approximate surface area is 169 Å². The Balaban J connectivity index is 1.50. The summed E-state index contributed by atoms with van der Waals surface area (Å²) in [7, 11) is 0. The Hall–Kier alpha value is -2.35. The molecule has 3 amide bonds. The molecule has 0 bridgehead atoms. The lowest BCUT2D eigenvalue weighted by Crippen LogP contribution is -2.31. The van der Waals surface area contributed by atoms with E-state index >= 15 is 0 Å². The Morgan fingerprint density at radius 2 is 1.93 bits per heavy atom. The van der Waals surface area contributed by atoms with Gasteiger partial charge in [0.15, 0.2) is 5.17 Å². The van der Waals surface area contributed by atoms with E-state index in [4.69, 9.17) is 0 Å². The standard InChI is InChI=1S/C20H26N4O3S/c1-3-13(2)21-18(26)14-6-8-15(9-7-14)22-17(25)12-16-19(27)23-20(28-16)24-10-4-5-11-24/h6-9,13,16H,3-5,10-12H2,1-2H3,(H,21,26)(H,22,25)/t13-,16-/m0/s1. The van der Waals surface area contributed by atoms with E-state index in [0.717, 1.165) is 37.5 Å². The average Bonchev–Trinajstić information content (AvgIpc) is 3.32. The van der Waals surface area contributed by atoms with Crippen molar-refractivity contribution < 1.29 is 14.4 Å². The molecule has 2 heterocycles. The lowest BCUT2D eigenvalue weighted by atomic mass is 10.1. The van der Waals surface area contributed by atoms with Crippen LogP contribution in [0.1, 0.15) is 49.9 Å². The maximum absolute atomic E-state index is 12.3. The van der Waals surface area contributed by atoms with E-state index < -0.39 is 5.25 Å². The molecule has 0 aromatic heterocycles. The molecule has 28 heavy (non-hydrogen) atoms. The second-order valence-corrected chi connectivity index (χ2v) is 8.32. The Morgan fingerprint density at radius 3 is 2.57 bits per heavy atom. The summed E-state index contributed by atoms with van der Waals surface area (Å²) >= 11 is 1.38. The molecule has 150 valence electrons. The topological polar surface area (TPSA) is 90.9 Å². The van der Waals surface area contributed by atoms with Crippen molar-refractivity contribution in [1.82, 2.24) is 10.2 Å². The number of nitrogens with one attached hydrogen (secondary N) is 2. The highest BCUT2D eigenvalue weighted by molar-refractivity contribution is 8.15. The number of likely N-dealkylation sites (tertiary alicyclic amines) is 1. The van der Waals surface area contributed by atoms with Crippen molar-refractivity contribution in [2.75, 3.05) is 18.4 Å². The molecule has 2 N–H and O–H groups in total. The highest BCUT2D eigenvalue weighted by Crippen LogP contribution is 2.29. The quantitative estimate of drug-likeness (QED) is 0.763. The van der Waals surface area contributed by atoms with Gasteiger partial charge in [0.05, 0.1) is 0 Å². The van der Waals surface area contributed by atoms with Gasteiger partial charge in [-0.25, -0.2) is 0 Å². The van der Waals surface area contributed by atoms with E-state index in [1.54, 1.807) is 24.3 Å². The molecule has 0 saturated carbocycles. The third-order valence-electron chi connectivity index (χ3n) is 4.90. The monoisotopic (exact) mass is 402 g/mol. The summed E-state index contributed by atoms with van der Waals surface area (Å²) in [5.74, 6) is -0.605. The van der Waals surface area contributed by atoms with Crippen LogP contribution in [0, 0.1) is 0 Å². The first-order valence-corrected chi connectivity index (χ1v) is 10.6. The summed E-state index contributed by atoms with van der Waals surface area (Å²) in [6.45, 7) is 5.81. The first kappa shape index (κ1) is 20.4. The smallest absolute Gasteiger partial charge is 0.262 e. The minimum absolute atomic E-state index is 0.0839. The first-order valence-electron chi connectivity index (χ1n) is 9.71. The fourth-order valence-corrected chi connectivity index (χ4v) is 4.16. The third kappa shape index (κ3) is 5.13. The molecule has 8 heteroatoms. The summed E-state index contributed by atoms with van der Waals surface area (Å²) in [6.07, 6.45) is 3.18. The molecule has 0 spiro atoms. The summed E-state index contributed by atoms with van der Waals surface area (Å²) in [5, 5.41) is 5.98. The number of rotatable bonds is 6. The van der Waals surface area contributed by atoms with Crippen LogP contribution in [0.2, 0.25) is 0 Å². The molecule has 2 aliphatic rings. The van der Waals surface area contributed by atoms with Crippen molar-refractivity contribution in [2.45, 2.75) is 50.8 Å². The minimum Gasteiger partial charge on any atom is -0.351 e. The van der Waals surface area contributed by atoms with Crippen LogP contribution in [0.3, 0.4) is 0 Å². The van der Waals surface area contributed by atoms with Gasteiger partial charge in [-0.2, -0.15) is 4.99 Å². The highest BCUT2D eigenvalue weighted by atomic mass is 32.2.